The number of unbranched alkanes of at least 4 members (excludes halogenated alkanes) is 43. The van der Waals surface area contributed by atoms with Gasteiger partial charge in [0.2, 0.25) is 0 Å². The van der Waals surface area contributed by atoms with Gasteiger partial charge in [-0.1, -0.05) is 349 Å². The number of phosphoric acid groups is 2. The molecule has 0 saturated heterocycles. The van der Waals surface area contributed by atoms with Crippen LogP contribution in [0.25, 0.3) is 0 Å². The van der Waals surface area contributed by atoms with Crippen LogP contribution in [0.2, 0.25) is 0 Å². The van der Waals surface area contributed by atoms with Crippen LogP contribution in [0.4, 0.5) is 0 Å². The van der Waals surface area contributed by atoms with Gasteiger partial charge in [0.15, 0.2) is 12.2 Å². The second kappa shape index (κ2) is 71.8. The Labute approximate surface area is 618 Å². The summed E-state index contributed by atoms with van der Waals surface area (Å²) in [6.45, 7) is 11.8. The lowest BCUT2D eigenvalue weighted by Crippen LogP contribution is -2.30. The predicted octanol–water partition coefficient (Wildman–Crippen LogP) is 24.1. The van der Waals surface area contributed by atoms with Crippen LogP contribution in [0, 0.1) is 17.8 Å². The van der Waals surface area contributed by atoms with Crippen LogP contribution in [-0.4, -0.2) is 96.7 Å². The highest BCUT2D eigenvalue weighted by Crippen LogP contribution is 2.45. The molecule has 0 heterocycles. The number of carbonyl (C=O) groups is 4. The summed E-state index contributed by atoms with van der Waals surface area (Å²) >= 11 is 0. The van der Waals surface area contributed by atoms with Gasteiger partial charge in [-0.3, -0.25) is 37.3 Å². The van der Waals surface area contributed by atoms with Crippen molar-refractivity contribution >= 4 is 39.5 Å². The van der Waals surface area contributed by atoms with E-state index in [2.05, 4.69) is 72.8 Å². The molecule has 596 valence electrons. The number of hydrogen-bond acceptors (Lipinski definition) is 15. The first-order valence-corrected chi connectivity index (χ1v) is 44.7. The van der Waals surface area contributed by atoms with E-state index in [1.54, 1.807) is 0 Å². The zero-order chi connectivity index (χ0) is 74.4. The molecule has 19 heteroatoms. The summed E-state index contributed by atoms with van der Waals surface area (Å²) in [6.07, 6.45) is 63.5. The zero-order valence-corrected chi connectivity index (χ0v) is 67.6. The second-order valence-electron chi connectivity index (χ2n) is 30.3. The van der Waals surface area contributed by atoms with Gasteiger partial charge in [-0.05, 0) is 69.1 Å². The molecule has 2 unspecified atom stereocenters. The van der Waals surface area contributed by atoms with Crippen molar-refractivity contribution in [2.24, 2.45) is 17.8 Å². The molecule has 0 bridgehead atoms. The molecule has 0 aliphatic carbocycles. The lowest BCUT2D eigenvalue weighted by molar-refractivity contribution is -0.161. The molecule has 0 aromatic heterocycles. The first kappa shape index (κ1) is 98.5. The monoisotopic (exact) mass is 1480 g/mol. The molecule has 0 aromatic rings. The Morgan fingerprint density at radius 2 is 0.535 bits per heavy atom. The van der Waals surface area contributed by atoms with E-state index in [0.717, 1.165) is 121 Å². The fraction of sp³-hybridized carbons (Fsp3) is 0.902. The number of aliphatic hydroxyl groups excluding tert-OH is 1. The van der Waals surface area contributed by atoms with E-state index in [9.17, 15) is 43.2 Å². The van der Waals surface area contributed by atoms with Crippen molar-refractivity contribution in [3.63, 3.8) is 0 Å². The number of ether oxygens (including phenoxy) is 4. The smallest absolute Gasteiger partial charge is 0.462 e. The molecule has 5 atom stereocenters. The van der Waals surface area contributed by atoms with Crippen LogP contribution in [-0.2, 0) is 65.4 Å². The molecular weight excluding hydrogens is 1320 g/mol. The van der Waals surface area contributed by atoms with Crippen LogP contribution in [0.5, 0.6) is 0 Å². The van der Waals surface area contributed by atoms with Crippen LogP contribution >= 0.6 is 15.6 Å². The third kappa shape index (κ3) is 75.6. The van der Waals surface area contributed by atoms with E-state index in [4.69, 9.17) is 37.0 Å². The van der Waals surface area contributed by atoms with Gasteiger partial charge in [-0.2, -0.15) is 0 Å². The lowest BCUT2D eigenvalue weighted by atomic mass is 10.0. The molecule has 17 nitrogen and oxygen atoms in total. The van der Waals surface area contributed by atoms with E-state index in [1.165, 1.54) is 193 Å². The number of carbonyl (C=O) groups excluding carboxylic acids is 4. The van der Waals surface area contributed by atoms with Crippen molar-refractivity contribution in [1.29, 1.82) is 0 Å². The highest BCUT2D eigenvalue weighted by Gasteiger charge is 2.30. The van der Waals surface area contributed by atoms with Gasteiger partial charge in [0, 0.05) is 25.7 Å². The minimum absolute atomic E-state index is 0.0839. The van der Waals surface area contributed by atoms with Crippen molar-refractivity contribution in [3.8, 4) is 0 Å². The van der Waals surface area contributed by atoms with E-state index in [1.807, 2.05) is 0 Å². The van der Waals surface area contributed by atoms with Gasteiger partial charge in [-0.15, -0.1) is 0 Å². The number of allylic oxidation sites excluding steroid dienone is 4. The zero-order valence-electron chi connectivity index (χ0n) is 65.9. The van der Waals surface area contributed by atoms with Crippen LogP contribution < -0.4 is 0 Å². The summed E-state index contributed by atoms with van der Waals surface area (Å²) in [5, 5.41) is 10.6. The van der Waals surface area contributed by atoms with Crippen LogP contribution in [0.1, 0.15) is 402 Å². The Hall–Kier alpha value is -2.46. The van der Waals surface area contributed by atoms with Gasteiger partial charge in [0.25, 0.3) is 0 Å². The minimum atomic E-state index is -4.97. The third-order valence-electron chi connectivity index (χ3n) is 18.5. The topological polar surface area (TPSA) is 237 Å². The van der Waals surface area contributed by atoms with Gasteiger partial charge in [-0.25, -0.2) is 9.13 Å². The largest absolute Gasteiger partial charge is 0.472 e. The number of rotatable bonds is 78. The molecule has 0 aliphatic rings. The van der Waals surface area contributed by atoms with Gasteiger partial charge in [0.1, 0.15) is 19.3 Å². The number of hydrogen-bond donors (Lipinski definition) is 3. The number of esters is 4. The Bertz CT molecular complexity index is 2050. The summed E-state index contributed by atoms with van der Waals surface area (Å²) < 4.78 is 68.6. The molecule has 3 N–H and O–H groups in total. The van der Waals surface area contributed by atoms with E-state index >= 15 is 0 Å². The maximum Gasteiger partial charge on any atom is 0.472 e. The summed E-state index contributed by atoms with van der Waals surface area (Å²) in [7, 11) is -9.93. The molecular formula is C82H156O17P2. The quantitative estimate of drug-likeness (QED) is 0.0169. The maximum absolute atomic E-state index is 13.1. The summed E-state index contributed by atoms with van der Waals surface area (Å²) in [4.78, 5) is 73.0. The van der Waals surface area contributed by atoms with E-state index in [0.29, 0.717) is 31.6 Å². The first-order chi connectivity index (χ1) is 48.7. The number of phosphoric ester groups is 2. The maximum atomic E-state index is 13.1. The minimum Gasteiger partial charge on any atom is -0.462 e. The molecule has 0 saturated carbocycles. The van der Waals surface area contributed by atoms with Gasteiger partial charge < -0.3 is 33.8 Å². The molecule has 0 radical (unpaired) electrons. The van der Waals surface area contributed by atoms with Gasteiger partial charge >= 0.3 is 39.5 Å². The third-order valence-corrected chi connectivity index (χ3v) is 20.4. The fourth-order valence-electron chi connectivity index (χ4n) is 12.1. The van der Waals surface area contributed by atoms with Crippen molar-refractivity contribution in [2.45, 2.75) is 420 Å². The average Bonchev–Trinajstić information content (AvgIpc) is 0.929. The predicted molar refractivity (Wildman–Crippen MR) is 414 cm³/mol. The highest BCUT2D eigenvalue weighted by atomic mass is 31.2. The van der Waals surface area contributed by atoms with Crippen molar-refractivity contribution in [2.75, 3.05) is 39.6 Å². The van der Waals surface area contributed by atoms with Crippen molar-refractivity contribution in [1.82, 2.24) is 0 Å². The number of aliphatic hydroxyl groups is 1. The fourth-order valence-corrected chi connectivity index (χ4v) is 13.7. The van der Waals surface area contributed by atoms with Crippen molar-refractivity contribution in [3.05, 3.63) is 24.3 Å². The van der Waals surface area contributed by atoms with E-state index in [-0.39, 0.29) is 25.7 Å². The average molecular weight is 1480 g/mol. The standard InChI is InChI=1S/C82H156O17P2/c1-8-9-10-11-12-13-14-15-20-27-32-37-42-51-58-65-82(87)99-78(70-93-80(85)64-57-50-45-44-48-55-62-75(6)7)72-97-101(90,91)95-68-76(83)67-94-100(88,89)96-71-77(98-81(86)66-59-52-43-38-33-28-23-25-30-35-40-47-54-61-74(4)5)69-92-79(84)63-56-49-41-36-31-26-22-19-17-16-18-21-24-29-34-39-46-53-60-73(2)3/h13-15,20,73-78,83H,8-12,16-19,21-72H2,1-7H3,(H,88,89)(H,90,91)/b14-13-,20-15-/t76-,77-,78-/m1/s1. The molecule has 0 fully saturated rings. The van der Waals surface area contributed by atoms with Crippen LogP contribution in [0.3, 0.4) is 0 Å². The lowest BCUT2D eigenvalue weighted by Gasteiger charge is -2.21. The molecule has 0 aliphatic heterocycles. The first-order valence-electron chi connectivity index (χ1n) is 41.7. The molecule has 0 spiro atoms. The summed E-state index contributed by atoms with van der Waals surface area (Å²) in [5.74, 6) is 0.140. The van der Waals surface area contributed by atoms with Crippen LogP contribution in [0.15, 0.2) is 24.3 Å². The second-order valence-corrected chi connectivity index (χ2v) is 33.2. The van der Waals surface area contributed by atoms with Gasteiger partial charge in [0.05, 0.1) is 26.4 Å². The van der Waals surface area contributed by atoms with Crippen molar-refractivity contribution < 1.29 is 80.2 Å². The van der Waals surface area contributed by atoms with E-state index < -0.39 is 97.5 Å². The normalized spacial score (nSPS) is 14.1. The summed E-state index contributed by atoms with van der Waals surface area (Å²) in [5.41, 5.74) is 0. The summed E-state index contributed by atoms with van der Waals surface area (Å²) in [6, 6.07) is 0. The molecule has 0 aromatic carbocycles. The Morgan fingerprint density at radius 1 is 0.307 bits per heavy atom. The highest BCUT2D eigenvalue weighted by molar-refractivity contribution is 7.47. The molecule has 0 amide bonds. The Kier molecular flexibility index (Phi) is 70.0. The Morgan fingerprint density at radius 3 is 0.802 bits per heavy atom. The SMILES string of the molecule is CCCCCC/C=C\C=C/CCCCCCCC(=O)O[C@H](COC(=O)CCCCCCCCC(C)C)COP(=O)(O)OC[C@H](O)COP(=O)(O)OC[C@@H](COC(=O)CCCCCCCCCCCCCCCCCCCCC(C)C)OC(=O)CCCCCCCCCCCCCCCC(C)C. The molecule has 0 rings (SSSR count). The molecule has 101 heavy (non-hydrogen) atoms. The Balaban J connectivity index is 5.23.